The second kappa shape index (κ2) is 8.72. The van der Waals surface area contributed by atoms with Crippen LogP contribution in [0.5, 0.6) is 5.75 Å². The number of ether oxygens (including phenoxy) is 1. The molecule has 0 bridgehead atoms. The molecule has 2 aromatic rings. The van der Waals surface area contributed by atoms with E-state index in [1.165, 1.54) is 5.56 Å². The number of allylic oxidation sites excluding steroid dienone is 1. The van der Waals surface area contributed by atoms with Crippen molar-refractivity contribution in [3.05, 3.63) is 76.2 Å². The van der Waals surface area contributed by atoms with E-state index in [0.717, 1.165) is 38.1 Å². The van der Waals surface area contributed by atoms with Crippen LogP contribution in [0.2, 0.25) is 0 Å². The fourth-order valence-electron chi connectivity index (χ4n) is 2.30. The van der Waals surface area contributed by atoms with Gasteiger partial charge in [-0.25, -0.2) is 4.99 Å². The fraction of sp³-hybridized carbons (Fsp3) is 0.227. The van der Waals surface area contributed by atoms with Gasteiger partial charge in [0.25, 0.3) is 0 Å². The van der Waals surface area contributed by atoms with E-state index in [-0.39, 0.29) is 0 Å². The average molecular weight is 352 g/mol. The highest BCUT2D eigenvalue weighted by atomic mass is 32.2. The molecule has 0 aliphatic carbocycles. The summed E-state index contributed by atoms with van der Waals surface area (Å²) in [5.41, 5.74) is 5.44. The lowest BCUT2D eigenvalue weighted by atomic mass is 10.1. The molecular weight excluding hydrogens is 326 g/mol. The highest BCUT2D eigenvalue weighted by molar-refractivity contribution is 8.17. The Hall–Kier alpha value is -2.26. The molecule has 2 nitrogen and oxygen atoms in total. The molecule has 0 unspecified atom stereocenters. The lowest BCUT2D eigenvalue weighted by Gasteiger charge is -2.09. The van der Waals surface area contributed by atoms with Gasteiger partial charge >= 0.3 is 0 Å². The molecule has 2 aromatic carbocycles. The zero-order valence-electron chi connectivity index (χ0n) is 15.6. The summed E-state index contributed by atoms with van der Waals surface area (Å²) in [5.74, 6) is 0.893. The van der Waals surface area contributed by atoms with E-state index >= 15 is 0 Å². The smallest absolute Gasteiger partial charge is 0.122 e. The Kier molecular flexibility index (Phi) is 6.65. The van der Waals surface area contributed by atoms with Gasteiger partial charge in [0.15, 0.2) is 0 Å². The Balaban J connectivity index is 2.25. The Morgan fingerprint density at radius 1 is 1.08 bits per heavy atom. The van der Waals surface area contributed by atoms with E-state index < -0.39 is 0 Å². The van der Waals surface area contributed by atoms with Gasteiger partial charge in [0.1, 0.15) is 5.75 Å². The number of hydrogen-bond donors (Lipinski definition) is 0. The van der Waals surface area contributed by atoms with Crippen molar-refractivity contribution < 1.29 is 4.74 Å². The van der Waals surface area contributed by atoms with E-state index in [2.05, 4.69) is 48.8 Å². The third-order valence-corrected chi connectivity index (χ3v) is 4.80. The molecule has 130 valence electrons. The molecule has 0 fully saturated rings. The molecule has 3 heteroatoms. The summed E-state index contributed by atoms with van der Waals surface area (Å²) in [5, 5.41) is 0.983. The second-order valence-electron chi connectivity index (χ2n) is 6.09. The van der Waals surface area contributed by atoms with Gasteiger partial charge in [-0.15, -0.1) is 0 Å². The van der Waals surface area contributed by atoms with Crippen LogP contribution in [0.1, 0.15) is 30.5 Å². The average Bonchev–Trinajstić information content (AvgIpc) is 2.57. The van der Waals surface area contributed by atoms with Crippen molar-refractivity contribution >= 4 is 28.6 Å². The third-order valence-electron chi connectivity index (χ3n) is 3.73. The minimum absolute atomic E-state index is 0.893. The van der Waals surface area contributed by atoms with Gasteiger partial charge in [0.2, 0.25) is 0 Å². The molecule has 0 aliphatic heterocycles. The maximum absolute atomic E-state index is 5.42. The molecule has 2 rings (SSSR count). The van der Waals surface area contributed by atoms with Crippen molar-refractivity contribution in [2.75, 3.05) is 7.11 Å². The Morgan fingerprint density at radius 3 is 2.36 bits per heavy atom. The van der Waals surface area contributed by atoms with Crippen molar-refractivity contribution in [1.82, 2.24) is 0 Å². The van der Waals surface area contributed by atoms with Gasteiger partial charge in [0.05, 0.1) is 17.8 Å². The summed E-state index contributed by atoms with van der Waals surface area (Å²) in [7, 11) is 1.70. The predicted octanol–water partition coefficient (Wildman–Crippen LogP) is 6.71. The summed E-state index contributed by atoms with van der Waals surface area (Å²) in [6, 6.07) is 14.4. The van der Waals surface area contributed by atoms with Crippen molar-refractivity contribution in [1.29, 1.82) is 0 Å². The molecule has 0 aromatic heterocycles. The Bertz CT molecular complexity index is 816. The molecule has 0 aliphatic rings. The van der Waals surface area contributed by atoms with E-state index in [9.17, 15) is 0 Å². The summed E-state index contributed by atoms with van der Waals surface area (Å²) in [6.07, 6.45) is 2.13. The van der Waals surface area contributed by atoms with Crippen LogP contribution in [-0.4, -0.2) is 12.2 Å². The molecule has 0 saturated carbocycles. The number of benzene rings is 2. The first-order valence-electron chi connectivity index (χ1n) is 8.21. The van der Waals surface area contributed by atoms with Crippen molar-refractivity contribution in [2.45, 2.75) is 27.7 Å². The summed E-state index contributed by atoms with van der Waals surface area (Å²) in [6.45, 7) is 12.3. The second-order valence-corrected chi connectivity index (χ2v) is 7.32. The molecule has 0 saturated heterocycles. The van der Waals surface area contributed by atoms with Crippen LogP contribution in [0.4, 0.5) is 5.69 Å². The van der Waals surface area contributed by atoms with Crippen LogP contribution in [0, 0.1) is 13.8 Å². The third kappa shape index (κ3) is 5.64. The van der Waals surface area contributed by atoms with E-state index in [4.69, 9.17) is 4.74 Å². The lowest BCUT2D eigenvalue weighted by Crippen LogP contribution is -1.90. The Morgan fingerprint density at radius 2 is 1.76 bits per heavy atom. The van der Waals surface area contributed by atoms with Gasteiger partial charge < -0.3 is 4.74 Å². The monoisotopic (exact) mass is 351 g/mol. The molecule has 0 N–H and O–H groups in total. The minimum atomic E-state index is 0.893. The predicted molar refractivity (Wildman–Crippen MR) is 112 cm³/mol. The number of methoxy groups -OCH3 is 1. The SMILES string of the molecule is C=C(C)/C(=C/c1ccc(C)c(OC)c1)S/C(C)=N\c1ccc(C)cc1. The first-order chi connectivity index (χ1) is 11.9. The number of thioether (sulfide) groups is 1. The zero-order valence-corrected chi connectivity index (χ0v) is 16.4. The van der Waals surface area contributed by atoms with Crippen LogP contribution in [-0.2, 0) is 0 Å². The van der Waals surface area contributed by atoms with Crippen LogP contribution in [0.15, 0.2) is 64.5 Å². The van der Waals surface area contributed by atoms with Crippen molar-refractivity contribution in [2.24, 2.45) is 4.99 Å². The molecule has 25 heavy (non-hydrogen) atoms. The highest BCUT2D eigenvalue weighted by Gasteiger charge is 2.05. The standard InChI is InChI=1S/C22H25NOS/c1-15(2)22(14-19-10-9-17(4)21(13-19)24-6)25-18(5)23-20-11-7-16(3)8-12-20/h7-14H,1H2,2-6H3/b22-14-,23-18-. The minimum Gasteiger partial charge on any atom is -0.496 e. The van der Waals surface area contributed by atoms with Crippen LogP contribution < -0.4 is 4.74 Å². The van der Waals surface area contributed by atoms with Gasteiger partial charge in [-0.05, 0) is 68.7 Å². The van der Waals surface area contributed by atoms with Crippen LogP contribution in [0.25, 0.3) is 6.08 Å². The van der Waals surface area contributed by atoms with E-state index in [0.29, 0.717) is 0 Å². The molecule has 0 amide bonds. The topological polar surface area (TPSA) is 21.6 Å². The summed E-state index contributed by atoms with van der Waals surface area (Å²) in [4.78, 5) is 5.78. The van der Waals surface area contributed by atoms with Gasteiger partial charge in [-0.2, -0.15) is 0 Å². The molecule has 0 radical (unpaired) electrons. The van der Waals surface area contributed by atoms with E-state index in [1.807, 2.05) is 39.0 Å². The van der Waals surface area contributed by atoms with Crippen molar-refractivity contribution in [3.8, 4) is 5.75 Å². The molecule has 0 heterocycles. The first kappa shape index (κ1) is 19.1. The van der Waals surface area contributed by atoms with Gasteiger partial charge in [0, 0.05) is 4.91 Å². The highest BCUT2D eigenvalue weighted by Crippen LogP contribution is 2.30. The van der Waals surface area contributed by atoms with Gasteiger partial charge in [-0.3, -0.25) is 0 Å². The van der Waals surface area contributed by atoms with E-state index in [1.54, 1.807) is 18.9 Å². The van der Waals surface area contributed by atoms with Crippen LogP contribution >= 0.6 is 11.8 Å². The molecule has 0 spiro atoms. The fourth-order valence-corrected chi connectivity index (χ4v) is 3.14. The van der Waals surface area contributed by atoms with Crippen LogP contribution in [0.3, 0.4) is 0 Å². The number of aliphatic imine (C=N–C) groups is 1. The van der Waals surface area contributed by atoms with Crippen molar-refractivity contribution in [3.63, 3.8) is 0 Å². The van der Waals surface area contributed by atoms with Gasteiger partial charge in [-0.1, -0.05) is 48.2 Å². The summed E-state index contributed by atoms with van der Waals surface area (Å²) < 4.78 is 5.42. The zero-order chi connectivity index (χ0) is 18.4. The number of rotatable bonds is 5. The normalized spacial score (nSPS) is 12.2. The maximum atomic E-state index is 5.42. The maximum Gasteiger partial charge on any atom is 0.122 e. The first-order valence-corrected chi connectivity index (χ1v) is 9.02. The largest absolute Gasteiger partial charge is 0.496 e. The summed E-state index contributed by atoms with van der Waals surface area (Å²) >= 11 is 1.64. The lowest BCUT2D eigenvalue weighted by molar-refractivity contribution is 0.411. The quantitative estimate of drug-likeness (QED) is 0.339. The number of aryl methyl sites for hydroxylation is 2. The number of hydrogen-bond acceptors (Lipinski definition) is 3. The Labute approximate surface area is 155 Å². The molecular formula is C22H25NOS. The molecule has 0 atom stereocenters. The number of nitrogens with zero attached hydrogens (tertiary/aromatic N) is 1.